The largest absolute Gasteiger partial charge is 0.463 e. The first kappa shape index (κ1) is 16.1. The van der Waals surface area contributed by atoms with Gasteiger partial charge in [-0.1, -0.05) is 0 Å². The van der Waals surface area contributed by atoms with Gasteiger partial charge in [0.15, 0.2) is 0 Å². The van der Waals surface area contributed by atoms with Crippen molar-refractivity contribution in [2.45, 2.75) is 13.1 Å². The minimum atomic E-state index is -2.79. The number of carbonyl (C=O) groups is 2. The molecule has 0 bridgehead atoms. The molecule has 0 spiro atoms. The fourth-order valence-corrected chi connectivity index (χ4v) is 1.45. The van der Waals surface area contributed by atoms with Gasteiger partial charge in [-0.2, -0.15) is 0 Å². The van der Waals surface area contributed by atoms with Gasteiger partial charge in [-0.15, -0.1) is 0 Å². The molecule has 21 heavy (non-hydrogen) atoms. The molecule has 9 nitrogen and oxygen atoms in total. The summed E-state index contributed by atoms with van der Waals surface area (Å²) in [6.07, 6.45) is -2.79. The monoisotopic (exact) mass is 300 g/mol. The van der Waals surface area contributed by atoms with Crippen molar-refractivity contribution in [3.63, 3.8) is 0 Å². The van der Waals surface area contributed by atoms with E-state index in [1.54, 1.807) is 0 Å². The number of hydrogen-bond donors (Lipinski definition) is 0. The molecule has 1 aromatic carbocycles. The van der Waals surface area contributed by atoms with Crippen LogP contribution in [-0.2, 0) is 9.53 Å². The summed E-state index contributed by atoms with van der Waals surface area (Å²) in [6.45, 7) is 1.19. The van der Waals surface area contributed by atoms with Crippen LogP contribution in [0.25, 0.3) is 0 Å². The molecular formula is C11H9FN2O7. The molecule has 1 atom stereocenters. The number of nitro benzene ring substituents is 2. The van der Waals surface area contributed by atoms with Crippen LogP contribution in [0, 0.1) is 20.2 Å². The molecule has 1 rings (SSSR count). The number of benzene rings is 1. The van der Waals surface area contributed by atoms with Gasteiger partial charge < -0.3 is 4.74 Å². The van der Waals surface area contributed by atoms with Crippen LogP contribution in [-0.4, -0.2) is 34.4 Å². The summed E-state index contributed by atoms with van der Waals surface area (Å²) in [5, 5.41) is 21.4. The second-order valence-corrected chi connectivity index (χ2v) is 3.69. The Morgan fingerprint density at radius 3 is 2.38 bits per heavy atom. The van der Waals surface area contributed by atoms with E-state index in [4.69, 9.17) is 0 Å². The number of esters is 1. The third-order valence-corrected chi connectivity index (χ3v) is 2.38. The number of rotatable bonds is 6. The highest BCUT2D eigenvalue weighted by atomic mass is 19.1. The molecule has 1 unspecified atom stereocenters. The minimum absolute atomic E-state index is 0.191. The average molecular weight is 300 g/mol. The maximum atomic E-state index is 13.6. The normalized spacial score (nSPS) is 11.5. The molecule has 0 saturated carbocycles. The number of carbonyl (C=O) groups excluding carboxylic acids is 2. The topological polar surface area (TPSA) is 130 Å². The highest BCUT2D eigenvalue weighted by molar-refractivity contribution is 6.13. The van der Waals surface area contributed by atoms with Gasteiger partial charge in [-0.3, -0.25) is 25.0 Å². The van der Waals surface area contributed by atoms with E-state index in [1.807, 2.05) is 0 Å². The van der Waals surface area contributed by atoms with E-state index in [2.05, 4.69) is 4.74 Å². The van der Waals surface area contributed by atoms with Gasteiger partial charge in [-0.25, -0.2) is 9.18 Å². The molecule has 0 radical (unpaired) electrons. The van der Waals surface area contributed by atoms with Crippen LogP contribution >= 0.6 is 0 Å². The smallest absolute Gasteiger partial charge is 0.349 e. The Kier molecular flexibility index (Phi) is 5.00. The quantitative estimate of drug-likeness (QED) is 0.256. The van der Waals surface area contributed by atoms with Crippen molar-refractivity contribution in [3.8, 4) is 0 Å². The lowest BCUT2D eigenvalue weighted by Crippen LogP contribution is -2.28. The standard InChI is InChI=1S/C11H9FN2O7/c1-2-21-11(16)9(12)10(15)7-5-6(13(17)18)3-4-8(7)14(19)20/h3-5,9H,2H2,1H3. The number of non-ortho nitro benzene ring substituents is 1. The lowest BCUT2D eigenvalue weighted by atomic mass is 10.0. The molecule has 0 aliphatic rings. The van der Waals surface area contributed by atoms with Crippen molar-refractivity contribution < 1.29 is 28.6 Å². The Bertz CT molecular complexity index is 617. The van der Waals surface area contributed by atoms with Crippen LogP contribution in [0.5, 0.6) is 0 Å². The van der Waals surface area contributed by atoms with Gasteiger partial charge >= 0.3 is 5.97 Å². The van der Waals surface area contributed by atoms with Crippen molar-refractivity contribution in [1.29, 1.82) is 0 Å². The van der Waals surface area contributed by atoms with Crippen LogP contribution in [0.3, 0.4) is 0 Å². The Morgan fingerprint density at radius 2 is 1.90 bits per heavy atom. The van der Waals surface area contributed by atoms with Gasteiger partial charge in [0, 0.05) is 18.2 Å². The Balaban J connectivity index is 3.28. The van der Waals surface area contributed by atoms with Gasteiger partial charge in [0.25, 0.3) is 17.5 Å². The first-order chi connectivity index (χ1) is 9.79. The molecule has 1 aromatic rings. The summed E-state index contributed by atoms with van der Waals surface area (Å²) in [5.41, 5.74) is -2.34. The van der Waals surface area contributed by atoms with Crippen LogP contribution in [0.2, 0.25) is 0 Å². The number of hydrogen-bond acceptors (Lipinski definition) is 7. The third-order valence-electron chi connectivity index (χ3n) is 2.38. The van der Waals surface area contributed by atoms with Crippen molar-refractivity contribution in [2.24, 2.45) is 0 Å². The molecular weight excluding hydrogens is 291 g/mol. The molecule has 0 amide bonds. The summed E-state index contributed by atoms with van der Waals surface area (Å²) >= 11 is 0. The van der Waals surface area contributed by atoms with Crippen molar-refractivity contribution in [1.82, 2.24) is 0 Å². The Morgan fingerprint density at radius 1 is 1.29 bits per heavy atom. The lowest BCUT2D eigenvalue weighted by Gasteiger charge is -2.07. The van der Waals surface area contributed by atoms with Crippen molar-refractivity contribution in [3.05, 3.63) is 44.0 Å². The van der Waals surface area contributed by atoms with Crippen LogP contribution < -0.4 is 0 Å². The van der Waals surface area contributed by atoms with Crippen LogP contribution in [0.4, 0.5) is 15.8 Å². The minimum Gasteiger partial charge on any atom is -0.463 e. The Labute approximate surface area is 116 Å². The molecule has 0 heterocycles. The van der Waals surface area contributed by atoms with E-state index in [1.165, 1.54) is 6.92 Å². The number of Topliss-reactive ketones (excluding diaryl/α,β-unsaturated/α-hetero) is 1. The number of nitro groups is 2. The zero-order chi connectivity index (χ0) is 16.2. The number of alkyl halides is 1. The molecule has 0 fully saturated rings. The van der Waals surface area contributed by atoms with Gasteiger partial charge in [0.1, 0.15) is 5.56 Å². The molecule has 0 aliphatic carbocycles. The van der Waals surface area contributed by atoms with E-state index in [0.717, 1.165) is 6.07 Å². The summed E-state index contributed by atoms with van der Waals surface area (Å²) < 4.78 is 17.9. The Hall–Kier alpha value is -2.91. The zero-order valence-electron chi connectivity index (χ0n) is 10.6. The third kappa shape index (κ3) is 3.55. The van der Waals surface area contributed by atoms with Crippen LogP contribution in [0.1, 0.15) is 17.3 Å². The second kappa shape index (κ2) is 6.50. The van der Waals surface area contributed by atoms with Gasteiger partial charge in [0.2, 0.25) is 5.78 Å². The number of halogens is 1. The number of nitrogens with zero attached hydrogens (tertiary/aromatic N) is 2. The highest BCUT2D eigenvalue weighted by Crippen LogP contribution is 2.26. The van der Waals surface area contributed by atoms with E-state index in [-0.39, 0.29) is 6.61 Å². The predicted molar refractivity (Wildman–Crippen MR) is 65.6 cm³/mol. The lowest BCUT2D eigenvalue weighted by molar-refractivity contribution is -0.389. The van der Waals surface area contributed by atoms with E-state index in [9.17, 15) is 34.2 Å². The molecule has 112 valence electrons. The van der Waals surface area contributed by atoms with E-state index >= 15 is 0 Å². The molecule has 0 saturated heterocycles. The number of ketones is 1. The molecule has 0 aliphatic heterocycles. The number of ether oxygens (including phenoxy) is 1. The van der Waals surface area contributed by atoms with Gasteiger partial charge in [0.05, 0.1) is 16.5 Å². The molecule has 0 aromatic heterocycles. The van der Waals surface area contributed by atoms with Gasteiger partial charge in [-0.05, 0) is 6.92 Å². The van der Waals surface area contributed by atoms with Crippen molar-refractivity contribution in [2.75, 3.05) is 6.61 Å². The molecule has 10 heteroatoms. The highest BCUT2D eigenvalue weighted by Gasteiger charge is 2.34. The maximum Gasteiger partial charge on any atom is 0.349 e. The van der Waals surface area contributed by atoms with Crippen LogP contribution in [0.15, 0.2) is 18.2 Å². The van der Waals surface area contributed by atoms with E-state index in [0.29, 0.717) is 12.1 Å². The summed E-state index contributed by atoms with van der Waals surface area (Å²) in [5.74, 6) is -3.08. The average Bonchev–Trinajstić information content (AvgIpc) is 2.45. The molecule has 0 N–H and O–H groups in total. The predicted octanol–water partition coefficient (Wildman–Crippen LogP) is 1.59. The summed E-state index contributed by atoms with van der Waals surface area (Å²) in [7, 11) is 0. The first-order valence-electron chi connectivity index (χ1n) is 5.57. The van der Waals surface area contributed by atoms with Crippen molar-refractivity contribution >= 4 is 23.1 Å². The van der Waals surface area contributed by atoms with E-state index < -0.39 is 44.7 Å². The second-order valence-electron chi connectivity index (χ2n) is 3.69. The fourth-order valence-electron chi connectivity index (χ4n) is 1.45. The zero-order valence-corrected chi connectivity index (χ0v) is 10.6. The maximum absolute atomic E-state index is 13.6. The fraction of sp³-hybridized carbons (Fsp3) is 0.273. The first-order valence-corrected chi connectivity index (χ1v) is 5.57. The summed E-state index contributed by atoms with van der Waals surface area (Å²) in [4.78, 5) is 42.4. The SMILES string of the molecule is CCOC(=O)C(F)C(=O)c1cc([N+](=O)[O-])ccc1[N+](=O)[O-]. The summed E-state index contributed by atoms with van der Waals surface area (Å²) in [6, 6.07) is 2.04.